The zero-order valence-corrected chi connectivity index (χ0v) is 8.06. The van der Waals surface area contributed by atoms with Crippen LogP contribution in [0.2, 0.25) is 0 Å². The third-order valence-electron chi connectivity index (χ3n) is 2.16. The lowest BCUT2D eigenvalue weighted by molar-refractivity contribution is 0.0946. The van der Waals surface area contributed by atoms with Crippen LogP contribution in [0.25, 0.3) is 0 Å². The predicted molar refractivity (Wildman–Crippen MR) is 53.0 cm³/mol. The van der Waals surface area contributed by atoms with E-state index in [-0.39, 0.29) is 5.91 Å². The van der Waals surface area contributed by atoms with Crippen LogP contribution in [0.5, 0.6) is 0 Å². The van der Waals surface area contributed by atoms with Crippen LogP contribution in [0.4, 0.5) is 0 Å². The van der Waals surface area contributed by atoms with Crippen LogP contribution in [0.15, 0.2) is 17.5 Å². The van der Waals surface area contributed by atoms with Gasteiger partial charge in [-0.25, -0.2) is 0 Å². The lowest BCUT2D eigenvalue weighted by Crippen LogP contribution is -2.48. The van der Waals surface area contributed by atoms with Crippen LogP contribution in [0, 0.1) is 5.92 Å². The molecule has 1 aliphatic heterocycles. The van der Waals surface area contributed by atoms with Gasteiger partial charge in [0.15, 0.2) is 0 Å². The fraction of sp³-hybridized carbons (Fsp3) is 0.444. The van der Waals surface area contributed by atoms with E-state index in [1.165, 1.54) is 11.3 Å². The summed E-state index contributed by atoms with van der Waals surface area (Å²) in [5.74, 6) is 0.686. The molecule has 0 radical (unpaired) electrons. The number of hydrogen-bond acceptors (Lipinski definition) is 3. The first kappa shape index (κ1) is 8.72. The standard InChI is InChI=1S/C9H12N2OS/c12-9(8-2-1-3-13-8)11-6-7-4-10-5-7/h1-3,7,10H,4-6H2,(H,11,12). The van der Waals surface area contributed by atoms with Crippen LogP contribution in [-0.4, -0.2) is 25.5 Å². The van der Waals surface area contributed by atoms with E-state index in [1.807, 2.05) is 17.5 Å². The molecule has 3 nitrogen and oxygen atoms in total. The van der Waals surface area contributed by atoms with Crippen molar-refractivity contribution in [2.75, 3.05) is 19.6 Å². The number of thiophene rings is 1. The SMILES string of the molecule is O=C(NCC1CNC1)c1cccs1. The first-order valence-electron chi connectivity index (χ1n) is 4.38. The summed E-state index contributed by atoms with van der Waals surface area (Å²) in [5.41, 5.74) is 0. The number of rotatable bonds is 3. The number of nitrogens with one attached hydrogen (secondary N) is 2. The summed E-state index contributed by atoms with van der Waals surface area (Å²) in [7, 11) is 0. The molecule has 13 heavy (non-hydrogen) atoms. The molecule has 1 aliphatic rings. The monoisotopic (exact) mass is 196 g/mol. The molecule has 70 valence electrons. The fourth-order valence-electron chi connectivity index (χ4n) is 1.22. The van der Waals surface area contributed by atoms with Gasteiger partial charge in [0.05, 0.1) is 4.88 Å². The highest BCUT2D eigenvalue weighted by Gasteiger charge is 2.17. The maximum Gasteiger partial charge on any atom is 0.261 e. The van der Waals surface area contributed by atoms with Crippen molar-refractivity contribution in [3.63, 3.8) is 0 Å². The third kappa shape index (κ3) is 2.08. The summed E-state index contributed by atoms with van der Waals surface area (Å²) in [5, 5.41) is 8.01. The Morgan fingerprint density at radius 1 is 1.69 bits per heavy atom. The molecule has 4 heteroatoms. The molecule has 1 aromatic rings. The molecule has 2 rings (SSSR count). The van der Waals surface area contributed by atoms with E-state index in [2.05, 4.69) is 10.6 Å². The molecule has 0 unspecified atom stereocenters. The molecule has 0 spiro atoms. The van der Waals surface area contributed by atoms with E-state index in [1.54, 1.807) is 0 Å². The fourth-order valence-corrected chi connectivity index (χ4v) is 1.86. The number of hydrogen-bond donors (Lipinski definition) is 2. The van der Waals surface area contributed by atoms with E-state index in [0.717, 1.165) is 24.5 Å². The highest BCUT2D eigenvalue weighted by molar-refractivity contribution is 7.12. The normalized spacial score (nSPS) is 16.6. The van der Waals surface area contributed by atoms with Gasteiger partial charge in [0, 0.05) is 25.6 Å². The van der Waals surface area contributed by atoms with E-state index in [4.69, 9.17) is 0 Å². The molecule has 1 fully saturated rings. The minimum atomic E-state index is 0.0573. The average Bonchev–Trinajstić information content (AvgIpc) is 2.52. The Kier molecular flexibility index (Phi) is 2.61. The van der Waals surface area contributed by atoms with Gasteiger partial charge in [-0.1, -0.05) is 6.07 Å². The molecule has 0 aliphatic carbocycles. The van der Waals surface area contributed by atoms with Crippen LogP contribution in [0.1, 0.15) is 9.67 Å². The summed E-state index contributed by atoms with van der Waals surface area (Å²) < 4.78 is 0. The van der Waals surface area contributed by atoms with Crippen molar-refractivity contribution >= 4 is 17.2 Å². The van der Waals surface area contributed by atoms with Gasteiger partial charge in [-0.3, -0.25) is 4.79 Å². The summed E-state index contributed by atoms with van der Waals surface area (Å²) in [6.07, 6.45) is 0. The Bertz CT molecular complexity index is 280. The highest BCUT2D eigenvalue weighted by atomic mass is 32.1. The van der Waals surface area contributed by atoms with Crippen molar-refractivity contribution in [1.29, 1.82) is 0 Å². The number of carbonyl (C=O) groups excluding carboxylic acids is 1. The summed E-state index contributed by atoms with van der Waals surface area (Å²) in [4.78, 5) is 12.2. The minimum absolute atomic E-state index is 0.0573. The Hall–Kier alpha value is -0.870. The quantitative estimate of drug-likeness (QED) is 0.747. The third-order valence-corrected chi connectivity index (χ3v) is 3.03. The minimum Gasteiger partial charge on any atom is -0.351 e. The lowest BCUT2D eigenvalue weighted by Gasteiger charge is -2.26. The summed E-state index contributed by atoms with van der Waals surface area (Å²) in [6, 6.07) is 3.74. The van der Waals surface area contributed by atoms with Gasteiger partial charge in [-0.2, -0.15) is 0 Å². The molecular formula is C9H12N2OS. The first-order chi connectivity index (χ1) is 6.36. The molecule has 0 atom stereocenters. The Morgan fingerprint density at radius 2 is 2.54 bits per heavy atom. The summed E-state index contributed by atoms with van der Waals surface area (Å²) >= 11 is 1.48. The van der Waals surface area contributed by atoms with Gasteiger partial charge < -0.3 is 10.6 Å². The second-order valence-corrected chi connectivity index (χ2v) is 4.16. The molecule has 0 aromatic carbocycles. The number of amides is 1. The van der Waals surface area contributed by atoms with Crippen molar-refractivity contribution in [2.24, 2.45) is 5.92 Å². The highest BCUT2D eigenvalue weighted by Crippen LogP contribution is 2.08. The topological polar surface area (TPSA) is 41.1 Å². The molecule has 1 saturated heterocycles. The van der Waals surface area contributed by atoms with Gasteiger partial charge in [0.25, 0.3) is 5.91 Å². The Morgan fingerprint density at radius 3 is 3.08 bits per heavy atom. The smallest absolute Gasteiger partial charge is 0.261 e. The van der Waals surface area contributed by atoms with E-state index >= 15 is 0 Å². The van der Waals surface area contributed by atoms with Gasteiger partial charge in [-0.05, 0) is 11.4 Å². The van der Waals surface area contributed by atoms with Crippen molar-refractivity contribution in [3.8, 4) is 0 Å². The molecule has 1 amide bonds. The second-order valence-electron chi connectivity index (χ2n) is 3.21. The van der Waals surface area contributed by atoms with Gasteiger partial charge >= 0.3 is 0 Å². The van der Waals surface area contributed by atoms with Gasteiger partial charge in [0.2, 0.25) is 0 Å². The first-order valence-corrected chi connectivity index (χ1v) is 5.26. The zero-order chi connectivity index (χ0) is 9.10. The average molecular weight is 196 g/mol. The Labute approximate surface area is 81.2 Å². The molecule has 2 N–H and O–H groups in total. The van der Waals surface area contributed by atoms with Gasteiger partial charge in [0.1, 0.15) is 0 Å². The van der Waals surface area contributed by atoms with Crippen LogP contribution in [0.3, 0.4) is 0 Å². The summed E-state index contributed by atoms with van der Waals surface area (Å²) in [6.45, 7) is 2.86. The maximum absolute atomic E-state index is 11.4. The van der Waals surface area contributed by atoms with Crippen molar-refractivity contribution in [3.05, 3.63) is 22.4 Å². The number of carbonyl (C=O) groups is 1. The zero-order valence-electron chi connectivity index (χ0n) is 7.25. The molecule has 1 aromatic heterocycles. The van der Waals surface area contributed by atoms with E-state index in [0.29, 0.717) is 5.92 Å². The van der Waals surface area contributed by atoms with Crippen molar-refractivity contribution < 1.29 is 4.79 Å². The van der Waals surface area contributed by atoms with Crippen LogP contribution in [-0.2, 0) is 0 Å². The van der Waals surface area contributed by atoms with Crippen molar-refractivity contribution in [2.45, 2.75) is 0 Å². The molecular weight excluding hydrogens is 184 g/mol. The van der Waals surface area contributed by atoms with E-state index in [9.17, 15) is 4.79 Å². The predicted octanol–water partition coefficient (Wildman–Crippen LogP) is 0.697. The van der Waals surface area contributed by atoms with E-state index < -0.39 is 0 Å². The second kappa shape index (κ2) is 3.89. The van der Waals surface area contributed by atoms with Crippen LogP contribution < -0.4 is 10.6 Å². The molecule has 0 saturated carbocycles. The van der Waals surface area contributed by atoms with Crippen molar-refractivity contribution in [1.82, 2.24) is 10.6 Å². The largest absolute Gasteiger partial charge is 0.351 e. The molecule has 0 bridgehead atoms. The van der Waals surface area contributed by atoms with Crippen LogP contribution >= 0.6 is 11.3 Å². The Balaban J connectivity index is 1.78. The maximum atomic E-state index is 11.4. The van der Waals surface area contributed by atoms with Gasteiger partial charge in [-0.15, -0.1) is 11.3 Å². The molecule has 2 heterocycles. The lowest BCUT2D eigenvalue weighted by atomic mass is 10.0.